The Kier molecular flexibility index (Phi) is 4.37. The summed E-state index contributed by atoms with van der Waals surface area (Å²) >= 11 is 0. The van der Waals surface area contributed by atoms with Gasteiger partial charge < -0.3 is 15.4 Å². The van der Waals surface area contributed by atoms with E-state index in [1.807, 2.05) is 6.92 Å². The van der Waals surface area contributed by atoms with Crippen LogP contribution in [0, 0.1) is 0 Å². The molecule has 10 heteroatoms. The Labute approximate surface area is 169 Å². The first-order valence-corrected chi connectivity index (χ1v) is 11.5. The lowest BCUT2D eigenvalue weighted by atomic mass is 9.76. The largest absolute Gasteiger partial charge is 0.475 e. The maximum absolute atomic E-state index is 13.1. The van der Waals surface area contributed by atoms with Gasteiger partial charge >= 0.3 is 6.03 Å². The number of nitrogens with zero attached hydrogens (tertiary/aromatic N) is 3. The third-order valence-electron chi connectivity index (χ3n) is 5.85. The molecular formula is C19H24N6O3S. The van der Waals surface area contributed by atoms with Crippen molar-refractivity contribution in [2.24, 2.45) is 9.50 Å². The molecule has 1 aromatic heterocycles. The van der Waals surface area contributed by atoms with Gasteiger partial charge in [0.1, 0.15) is 11.5 Å². The summed E-state index contributed by atoms with van der Waals surface area (Å²) in [5, 5.41) is 16.3. The van der Waals surface area contributed by atoms with E-state index in [-0.39, 0.29) is 10.9 Å². The zero-order valence-corrected chi connectivity index (χ0v) is 17.1. The van der Waals surface area contributed by atoms with Gasteiger partial charge in [0.25, 0.3) is 0 Å². The van der Waals surface area contributed by atoms with Crippen LogP contribution in [-0.2, 0) is 42.1 Å². The van der Waals surface area contributed by atoms with E-state index < -0.39 is 15.9 Å². The lowest BCUT2D eigenvalue weighted by Gasteiger charge is -2.31. The molecule has 0 saturated heterocycles. The van der Waals surface area contributed by atoms with Crippen molar-refractivity contribution < 1.29 is 13.7 Å². The van der Waals surface area contributed by atoms with E-state index in [1.54, 1.807) is 4.68 Å². The molecule has 2 atom stereocenters. The average molecular weight is 417 g/mol. The summed E-state index contributed by atoms with van der Waals surface area (Å²) < 4.78 is 24.2. The first kappa shape index (κ1) is 18.6. The molecule has 154 valence electrons. The summed E-state index contributed by atoms with van der Waals surface area (Å²) in [6, 6.07) is 1.64. The molecule has 2 amide bonds. The molecule has 2 heterocycles. The molecule has 1 aliphatic heterocycles. The van der Waals surface area contributed by atoms with E-state index in [0.29, 0.717) is 19.0 Å². The van der Waals surface area contributed by atoms with Gasteiger partial charge in [0, 0.05) is 5.69 Å². The van der Waals surface area contributed by atoms with Crippen LogP contribution in [0.3, 0.4) is 0 Å². The number of fused-ring (bicyclic) bond motifs is 3. The van der Waals surface area contributed by atoms with Crippen molar-refractivity contribution in [2.75, 3.05) is 18.5 Å². The van der Waals surface area contributed by atoms with E-state index in [1.165, 1.54) is 17.3 Å². The highest BCUT2D eigenvalue weighted by atomic mass is 32.2. The molecular weight excluding hydrogens is 392 g/mol. The van der Waals surface area contributed by atoms with E-state index in [0.717, 1.165) is 49.0 Å². The maximum atomic E-state index is 13.1. The number of nitrogens with two attached hydrogens (primary N) is 1. The Hall–Kier alpha value is -2.43. The number of urea groups is 1. The molecule has 2 aliphatic carbocycles. The zero-order valence-electron chi connectivity index (χ0n) is 16.2. The van der Waals surface area contributed by atoms with Gasteiger partial charge in [-0.15, -0.1) is 4.36 Å². The van der Waals surface area contributed by atoms with Gasteiger partial charge in [0.15, 0.2) is 9.92 Å². The van der Waals surface area contributed by atoms with Crippen LogP contribution in [0.25, 0.3) is 0 Å². The summed E-state index contributed by atoms with van der Waals surface area (Å²) in [7, 11) is -3.48. The van der Waals surface area contributed by atoms with Crippen molar-refractivity contribution >= 4 is 21.6 Å². The highest BCUT2D eigenvalue weighted by molar-refractivity contribution is 7.91. The number of hydrogen-bond acceptors (Lipinski definition) is 5. The fourth-order valence-corrected chi connectivity index (χ4v) is 5.21. The van der Waals surface area contributed by atoms with Crippen LogP contribution in [-0.4, -0.2) is 39.2 Å². The number of ether oxygens (including phenoxy) is 1. The molecule has 9 nitrogen and oxygen atoms in total. The molecule has 0 spiro atoms. The minimum absolute atomic E-state index is 0.115. The van der Waals surface area contributed by atoms with Crippen molar-refractivity contribution in [3.8, 4) is 5.88 Å². The fraction of sp³-hybridized carbons (Fsp3) is 0.474. The number of carbonyl (C=O) groups is 1. The second-order valence-corrected chi connectivity index (χ2v) is 9.44. The predicted molar refractivity (Wildman–Crippen MR) is 108 cm³/mol. The van der Waals surface area contributed by atoms with E-state index in [2.05, 4.69) is 26.2 Å². The normalized spacial score (nSPS) is 20.7. The Balaban J connectivity index is 1.40. The van der Waals surface area contributed by atoms with Crippen LogP contribution in [0.1, 0.15) is 29.2 Å². The standard InChI is InChI=1S/C19H24N6O3S/c1-2-21-13-9-25-18(28-10-13)16(8-22-25)29(20,27)24-19(26)23-17-14-5-3-11(14)7-12-4-6-15(12)17/h7-8,13,21H,2-6,9-10H2,1H3,(H3,20,23,24,26,27). The van der Waals surface area contributed by atoms with Crippen LogP contribution < -0.4 is 20.5 Å². The molecule has 0 radical (unpaired) electrons. The quantitative estimate of drug-likeness (QED) is 0.695. The number of hydrogen-bond donors (Lipinski definition) is 3. The number of amides is 2. The first-order valence-electron chi connectivity index (χ1n) is 9.90. The third kappa shape index (κ3) is 3.11. The van der Waals surface area contributed by atoms with Crippen LogP contribution in [0.2, 0.25) is 0 Å². The summed E-state index contributed by atoms with van der Waals surface area (Å²) in [5.41, 5.74) is 5.72. The number of aryl methyl sites for hydroxylation is 2. The van der Waals surface area contributed by atoms with Crippen molar-refractivity contribution in [2.45, 2.75) is 50.1 Å². The molecule has 2 unspecified atom stereocenters. The van der Waals surface area contributed by atoms with Gasteiger partial charge in [0.2, 0.25) is 5.88 Å². The highest BCUT2D eigenvalue weighted by Gasteiger charge is 2.30. The van der Waals surface area contributed by atoms with Gasteiger partial charge in [-0.25, -0.2) is 18.8 Å². The summed E-state index contributed by atoms with van der Waals surface area (Å²) in [6.07, 6.45) is 5.32. The second-order valence-electron chi connectivity index (χ2n) is 7.68. The highest BCUT2D eigenvalue weighted by Crippen LogP contribution is 2.40. The van der Waals surface area contributed by atoms with E-state index >= 15 is 0 Å². The maximum Gasteiger partial charge on any atom is 0.354 e. The van der Waals surface area contributed by atoms with Crippen LogP contribution in [0.4, 0.5) is 10.5 Å². The Morgan fingerprint density at radius 2 is 2.07 bits per heavy atom. The molecule has 0 saturated carbocycles. The minimum atomic E-state index is -3.48. The van der Waals surface area contributed by atoms with Gasteiger partial charge in [-0.2, -0.15) is 5.10 Å². The van der Waals surface area contributed by atoms with E-state index in [4.69, 9.17) is 9.88 Å². The first-order chi connectivity index (χ1) is 14.0. The number of anilines is 1. The number of nitrogens with one attached hydrogen (secondary N) is 2. The number of likely N-dealkylation sites (N-methyl/N-ethyl adjacent to an activating group) is 1. The SMILES string of the molecule is CCNC1COc2c(S(N)(=O)=NC(=O)Nc3c4c(cc5c3CC5)CC4)cnn2C1. The van der Waals surface area contributed by atoms with Crippen LogP contribution >= 0.6 is 0 Å². The molecule has 4 N–H and O–H groups in total. The molecule has 0 bridgehead atoms. The molecule has 3 aliphatic rings. The Morgan fingerprint density at radius 3 is 2.69 bits per heavy atom. The zero-order chi connectivity index (χ0) is 20.2. The molecule has 1 aromatic carbocycles. The second kappa shape index (κ2) is 6.82. The number of carbonyl (C=O) groups excluding carboxylic acids is 1. The van der Waals surface area contributed by atoms with Gasteiger partial charge in [-0.1, -0.05) is 13.0 Å². The molecule has 0 fully saturated rings. The molecule has 2 aromatic rings. The van der Waals surface area contributed by atoms with E-state index in [9.17, 15) is 9.00 Å². The number of benzene rings is 1. The lowest BCUT2D eigenvalue weighted by Crippen LogP contribution is -2.42. The average Bonchev–Trinajstić information content (AvgIpc) is 3.03. The van der Waals surface area contributed by atoms with Gasteiger partial charge in [-0.05, 0) is 54.5 Å². The summed E-state index contributed by atoms with van der Waals surface area (Å²) in [4.78, 5) is 12.7. The third-order valence-corrected chi connectivity index (χ3v) is 7.20. The molecule has 5 rings (SSSR count). The van der Waals surface area contributed by atoms with Crippen LogP contribution in [0.5, 0.6) is 5.88 Å². The van der Waals surface area contributed by atoms with Crippen molar-refractivity contribution in [3.05, 3.63) is 34.5 Å². The topological polar surface area (TPSA) is 124 Å². The smallest absolute Gasteiger partial charge is 0.354 e. The van der Waals surface area contributed by atoms with Crippen molar-refractivity contribution in [1.82, 2.24) is 15.1 Å². The predicted octanol–water partition coefficient (Wildman–Crippen LogP) is 1.38. The Morgan fingerprint density at radius 1 is 1.34 bits per heavy atom. The van der Waals surface area contributed by atoms with Gasteiger partial charge in [-0.3, -0.25) is 0 Å². The lowest BCUT2D eigenvalue weighted by molar-refractivity contribution is 0.180. The van der Waals surface area contributed by atoms with Crippen molar-refractivity contribution in [1.29, 1.82) is 0 Å². The monoisotopic (exact) mass is 416 g/mol. The van der Waals surface area contributed by atoms with Crippen molar-refractivity contribution in [3.63, 3.8) is 0 Å². The van der Waals surface area contributed by atoms with Crippen LogP contribution in [0.15, 0.2) is 21.5 Å². The number of rotatable bonds is 4. The minimum Gasteiger partial charge on any atom is -0.475 e. The summed E-state index contributed by atoms with van der Waals surface area (Å²) in [6.45, 7) is 3.82. The van der Waals surface area contributed by atoms with Gasteiger partial charge in [0.05, 0.1) is 18.8 Å². The number of aromatic nitrogens is 2. The Bertz CT molecular complexity index is 1100. The fourth-order valence-electron chi connectivity index (χ4n) is 4.21. The molecule has 29 heavy (non-hydrogen) atoms. The summed E-state index contributed by atoms with van der Waals surface area (Å²) in [5.74, 6) is 0.316.